The van der Waals surface area contributed by atoms with E-state index in [1.807, 2.05) is 0 Å². The topological polar surface area (TPSA) is 84.3 Å². The van der Waals surface area contributed by atoms with Gasteiger partial charge in [0.15, 0.2) is 5.82 Å². The number of amides is 1. The zero-order chi connectivity index (χ0) is 24.4. The van der Waals surface area contributed by atoms with Crippen molar-refractivity contribution >= 4 is 39.0 Å². The number of benzene rings is 2. The molecule has 3 rings (SSSR count). The Bertz CT molecular complexity index is 1310. The number of halogens is 4. The van der Waals surface area contributed by atoms with Gasteiger partial charge in [-0.15, -0.1) is 6.58 Å². The molecule has 0 unspecified atom stereocenters. The largest absolute Gasteiger partial charge is 0.416 e. The van der Waals surface area contributed by atoms with E-state index in [-0.39, 0.29) is 33.5 Å². The van der Waals surface area contributed by atoms with E-state index < -0.39 is 27.7 Å². The van der Waals surface area contributed by atoms with Crippen molar-refractivity contribution in [2.24, 2.45) is 7.05 Å². The number of aromatic nitrogens is 2. The number of aryl methyl sites for hydroxylation is 1. The summed E-state index contributed by atoms with van der Waals surface area (Å²) in [4.78, 5) is 12.3. The summed E-state index contributed by atoms with van der Waals surface area (Å²) < 4.78 is 68.3. The number of hydrogen-bond acceptors (Lipinski definition) is 4. The summed E-state index contributed by atoms with van der Waals surface area (Å²) in [7, 11) is -2.73. The van der Waals surface area contributed by atoms with Gasteiger partial charge in [-0.05, 0) is 36.4 Å². The quantitative estimate of drug-likeness (QED) is 0.477. The molecule has 1 N–H and O–H groups in total. The molecule has 0 saturated carbocycles. The van der Waals surface area contributed by atoms with Gasteiger partial charge in [0, 0.05) is 19.3 Å². The van der Waals surface area contributed by atoms with E-state index >= 15 is 0 Å². The van der Waals surface area contributed by atoms with Crippen LogP contribution in [0.3, 0.4) is 0 Å². The van der Waals surface area contributed by atoms with Crippen LogP contribution in [0, 0.1) is 0 Å². The Labute approximate surface area is 193 Å². The molecule has 0 saturated heterocycles. The normalized spacial score (nSPS) is 11.8. The Hall–Kier alpha value is -3.31. The van der Waals surface area contributed by atoms with Gasteiger partial charge in [0.05, 0.1) is 33.3 Å². The first-order chi connectivity index (χ1) is 15.4. The lowest BCUT2D eigenvalue weighted by Crippen LogP contribution is -2.31. The van der Waals surface area contributed by atoms with Crippen LogP contribution >= 0.6 is 11.6 Å². The van der Waals surface area contributed by atoms with E-state index in [0.717, 1.165) is 28.6 Å². The smallest absolute Gasteiger partial charge is 0.305 e. The van der Waals surface area contributed by atoms with E-state index in [1.165, 1.54) is 35.0 Å². The molecule has 7 nitrogen and oxygen atoms in total. The average molecular weight is 499 g/mol. The molecule has 0 fully saturated rings. The van der Waals surface area contributed by atoms with E-state index in [4.69, 9.17) is 11.6 Å². The first kappa shape index (κ1) is 24.3. The number of nitrogens with one attached hydrogen (secondary N) is 1. The second-order valence-corrected chi connectivity index (χ2v) is 9.11. The Balaban J connectivity index is 2.02. The van der Waals surface area contributed by atoms with Crippen molar-refractivity contribution in [1.82, 2.24) is 9.78 Å². The monoisotopic (exact) mass is 498 g/mol. The van der Waals surface area contributed by atoms with Gasteiger partial charge in [0.1, 0.15) is 0 Å². The fourth-order valence-electron chi connectivity index (χ4n) is 2.93. The fraction of sp³-hybridized carbons (Fsp3) is 0.143. The minimum atomic E-state index is -4.66. The van der Waals surface area contributed by atoms with E-state index in [1.54, 1.807) is 13.2 Å². The second kappa shape index (κ2) is 9.28. The summed E-state index contributed by atoms with van der Waals surface area (Å²) in [6.07, 6.45) is -1.82. The van der Waals surface area contributed by atoms with Gasteiger partial charge in [-0.25, -0.2) is 8.42 Å². The number of carbonyl (C=O) groups is 1. The van der Waals surface area contributed by atoms with Crippen LogP contribution in [-0.2, 0) is 23.2 Å². The van der Waals surface area contributed by atoms with Gasteiger partial charge in [-0.1, -0.05) is 23.7 Å². The molecule has 0 aliphatic rings. The summed E-state index contributed by atoms with van der Waals surface area (Å²) in [6, 6.07) is 8.89. The number of alkyl halides is 3. The number of hydrogen-bond donors (Lipinski definition) is 1. The molecule has 1 aromatic heterocycles. The van der Waals surface area contributed by atoms with Gasteiger partial charge in [0.25, 0.3) is 15.9 Å². The SMILES string of the molecule is C=CCN(c1cccc(C(F)(F)F)c1)S(=O)(=O)c1ccc(Cl)c(C(=O)Nc2ccn(C)n2)c1. The number of rotatable bonds is 7. The van der Waals surface area contributed by atoms with Crippen molar-refractivity contribution in [2.45, 2.75) is 11.1 Å². The number of anilines is 2. The molecule has 3 aromatic rings. The van der Waals surface area contributed by atoms with E-state index in [2.05, 4.69) is 17.0 Å². The Morgan fingerprint density at radius 3 is 2.58 bits per heavy atom. The lowest BCUT2D eigenvalue weighted by Gasteiger charge is -2.24. The van der Waals surface area contributed by atoms with Crippen molar-refractivity contribution in [3.8, 4) is 0 Å². The maximum atomic E-state index is 13.3. The Kier molecular flexibility index (Phi) is 6.84. The minimum Gasteiger partial charge on any atom is -0.305 e. The maximum absolute atomic E-state index is 13.3. The lowest BCUT2D eigenvalue weighted by molar-refractivity contribution is -0.137. The van der Waals surface area contributed by atoms with Crippen molar-refractivity contribution in [1.29, 1.82) is 0 Å². The van der Waals surface area contributed by atoms with Crippen LogP contribution < -0.4 is 9.62 Å². The summed E-state index contributed by atoms with van der Waals surface area (Å²) in [5, 5.41) is 6.50. The summed E-state index contributed by atoms with van der Waals surface area (Å²) in [6.45, 7) is 3.19. The van der Waals surface area contributed by atoms with Crippen LogP contribution in [0.25, 0.3) is 0 Å². The number of carbonyl (C=O) groups excluding carboxylic acids is 1. The highest BCUT2D eigenvalue weighted by atomic mass is 35.5. The molecule has 0 spiro atoms. The van der Waals surface area contributed by atoms with Crippen LogP contribution in [-0.4, -0.2) is 30.7 Å². The average Bonchev–Trinajstić information content (AvgIpc) is 3.15. The van der Waals surface area contributed by atoms with Crippen molar-refractivity contribution < 1.29 is 26.4 Å². The van der Waals surface area contributed by atoms with Crippen molar-refractivity contribution in [2.75, 3.05) is 16.2 Å². The van der Waals surface area contributed by atoms with Gasteiger partial charge in [-0.3, -0.25) is 13.8 Å². The highest BCUT2D eigenvalue weighted by molar-refractivity contribution is 7.92. The number of sulfonamides is 1. The standard InChI is InChI=1S/C21H18ClF3N4O3S/c1-3-10-29(15-6-4-5-14(12-15)21(23,24)25)33(31,32)16-7-8-18(22)17(13-16)20(30)26-19-9-11-28(2)27-19/h3-9,11-13H,1,10H2,2H3,(H,26,27,30). The third kappa shape index (κ3) is 5.37. The molecule has 1 amide bonds. The Morgan fingerprint density at radius 2 is 1.97 bits per heavy atom. The number of nitrogens with zero attached hydrogens (tertiary/aromatic N) is 3. The highest BCUT2D eigenvalue weighted by Gasteiger charge is 2.32. The maximum Gasteiger partial charge on any atom is 0.416 e. The predicted molar refractivity (Wildman–Crippen MR) is 119 cm³/mol. The summed E-state index contributed by atoms with van der Waals surface area (Å²) >= 11 is 6.11. The Morgan fingerprint density at radius 1 is 1.24 bits per heavy atom. The van der Waals surface area contributed by atoms with Crippen LogP contribution in [0.15, 0.2) is 72.3 Å². The van der Waals surface area contributed by atoms with Gasteiger partial charge in [0.2, 0.25) is 0 Å². The van der Waals surface area contributed by atoms with Crippen molar-refractivity contribution in [3.63, 3.8) is 0 Å². The van der Waals surface area contributed by atoms with Crippen molar-refractivity contribution in [3.05, 3.63) is 83.5 Å². The first-order valence-corrected chi connectivity index (χ1v) is 11.2. The first-order valence-electron chi connectivity index (χ1n) is 9.35. The molecule has 0 bridgehead atoms. The zero-order valence-electron chi connectivity index (χ0n) is 17.2. The van der Waals surface area contributed by atoms with Crippen LogP contribution in [0.2, 0.25) is 5.02 Å². The van der Waals surface area contributed by atoms with Crippen LogP contribution in [0.5, 0.6) is 0 Å². The molecule has 33 heavy (non-hydrogen) atoms. The lowest BCUT2D eigenvalue weighted by atomic mass is 10.2. The predicted octanol–water partition coefficient (Wildman–Crippen LogP) is 4.73. The van der Waals surface area contributed by atoms with Crippen LogP contribution in [0.1, 0.15) is 15.9 Å². The minimum absolute atomic E-state index is 0.0169. The van der Waals surface area contributed by atoms with Gasteiger partial charge in [-0.2, -0.15) is 18.3 Å². The van der Waals surface area contributed by atoms with Gasteiger partial charge < -0.3 is 5.32 Å². The molecule has 174 valence electrons. The molecule has 1 heterocycles. The molecule has 0 aliphatic heterocycles. The zero-order valence-corrected chi connectivity index (χ0v) is 18.7. The molecule has 0 atom stereocenters. The molecule has 12 heteroatoms. The molecule has 2 aromatic carbocycles. The molecule has 0 aliphatic carbocycles. The van der Waals surface area contributed by atoms with Gasteiger partial charge >= 0.3 is 6.18 Å². The third-order valence-electron chi connectivity index (χ3n) is 4.48. The van der Waals surface area contributed by atoms with Crippen LogP contribution in [0.4, 0.5) is 24.7 Å². The summed E-state index contributed by atoms with van der Waals surface area (Å²) in [5.74, 6) is -0.478. The third-order valence-corrected chi connectivity index (χ3v) is 6.60. The summed E-state index contributed by atoms with van der Waals surface area (Å²) in [5.41, 5.74) is -1.36. The van der Waals surface area contributed by atoms with E-state index in [9.17, 15) is 26.4 Å². The fourth-order valence-corrected chi connectivity index (χ4v) is 4.59. The second-order valence-electron chi connectivity index (χ2n) is 6.84. The highest BCUT2D eigenvalue weighted by Crippen LogP contribution is 2.33. The molecular formula is C21H18ClF3N4O3S. The molecule has 0 radical (unpaired) electrons. The molecular weight excluding hydrogens is 481 g/mol. The van der Waals surface area contributed by atoms with E-state index in [0.29, 0.717) is 0 Å².